The summed E-state index contributed by atoms with van der Waals surface area (Å²) in [4.78, 5) is 50.5. The molecule has 176 valence electrons. The van der Waals surface area contributed by atoms with E-state index in [1.165, 1.54) is 19.1 Å². The summed E-state index contributed by atoms with van der Waals surface area (Å²) in [5.74, 6) is -0.284. The lowest BCUT2D eigenvalue weighted by Gasteiger charge is -2.19. The van der Waals surface area contributed by atoms with Crippen molar-refractivity contribution in [2.24, 2.45) is 0 Å². The summed E-state index contributed by atoms with van der Waals surface area (Å²) in [6.45, 7) is 1.65. The van der Waals surface area contributed by atoms with Crippen LogP contribution in [0.5, 0.6) is 11.5 Å². The van der Waals surface area contributed by atoms with Gasteiger partial charge in [-0.1, -0.05) is 30.3 Å². The summed E-state index contributed by atoms with van der Waals surface area (Å²) in [7, 11) is 0. The van der Waals surface area contributed by atoms with Gasteiger partial charge in [-0.25, -0.2) is 0 Å². The number of ether oxygens (including phenoxy) is 3. The van der Waals surface area contributed by atoms with Crippen molar-refractivity contribution in [1.29, 1.82) is 0 Å². The molecule has 1 aliphatic carbocycles. The molecule has 1 N–H and O–H groups in total. The molecule has 0 aromatic heterocycles. The SMILES string of the molecule is CC(OC(=O)CCc1ccc2c(c1)OCO2)C(=O)Nc1ccc2c(c1)C(=O)c1ccccc1C2=O. The number of ketones is 2. The number of nitrogens with one attached hydrogen (secondary N) is 1. The fraction of sp³-hybridized carbons (Fsp3) is 0.185. The van der Waals surface area contributed by atoms with E-state index in [9.17, 15) is 19.2 Å². The second kappa shape index (κ2) is 9.06. The molecule has 1 atom stereocenters. The number of hydrogen-bond donors (Lipinski definition) is 1. The summed E-state index contributed by atoms with van der Waals surface area (Å²) in [5, 5.41) is 2.65. The summed E-state index contributed by atoms with van der Waals surface area (Å²) in [5.41, 5.74) is 2.42. The Morgan fingerprint density at radius 3 is 2.34 bits per heavy atom. The Bertz CT molecular complexity index is 1380. The molecule has 1 heterocycles. The van der Waals surface area contributed by atoms with Crippen LogP contribution < -0.4 is 14.8 Å². The van der Waals surface area contributed by atoms with Crippen LogP contribution in [0.2, 0.25) is 0 Å². The highest BCUT2D eigenvalue weighted by molar-refractivity contribution is 6.28. The largest absolute Gasteiger partial charge is 0.454 e. The molecule has 1 unspecified atom stereocenters. The van der Waals surface area contributed by atoms with Gasteiger partial charge in [0.2, 0.25) is 6.79 Å². The fourth-order valence-electron chi connectivity index (χ4n) is 4.07. The van der Waals surface area contributed by atoms with Gasteiger partial charge < -0.3 is 19.5 Å². The van der Waals surface area contributed by atoms with Gasteiger partial charge in [-0.05, 0) is 49.2 Å². The predicted octanol–water partition coefficient (Wildman–Crippen LogP) is 3.69. The maximum atomic E-state index is 12.9. The Morgan fingerprint density at radius 1 is 0.886 bits per heavy atom. The molecular formula is C27H21NO7. The summed E-state index contributed by atoms with van der Waals surface area (Å²) in [6, 6.07) is 16.6. The molecule has 0 spiro atoms. The van der Waals surface area contributed by atoms with E-state index in [0.717, 1.165) is 5.56 Å². The first-order chi connectivity index (χ1) is 16.9. The normalized spacial score (nSPS) is 14.1. The van der Waals surface area contributed by atoms with Crippen LogP contribution in [0.1, 0.15) is 50.8 Å². The van der Waals surface area contributed by atoms with Crippen LogP contribution in [0, 0.1) is 0 Å². The van der Waals surface area contributed by atoms with E-state index in [0.29, 0.717) is 34.7 Å². The molecule has 0 radical (unpaired) electrons. The zero-order valence-electron chi connectivity index (χ0n) is 18.8. The molecule has 35 heavy (non-hydrogen) atoms. The van der Waals surface area contributed by atoms with Crippen molar-refractivity contribution in [3.63, 3.8) is 0 Å². The highest BCUT2D eigenvalue weighted by atomic mass is 16.7. The molecule has 0 saturated heterocycles. The summed E-state index contributed by atoms with van der Waals surface area (Å²) < 4.78 is 15.9. The first-order valence-electron chi connectivity index (χ1n) is 11.1. The third-order valence-electron chi connectivity index (χ3n) is 5.92. The molecule has 2 aliphatic rings. The Balaban J connectivity index is 1.19. The van der Waals surface area contributed by atoms with E-state index < -0.39 is 18.0 Å². The second-order valence-electron chi connectivity index (χ2n) is 8.27. The molecule has 0 bridgehead atoms. The van der Waals surface area contributed by atoms with Crippen LogP contribution >= 0.6 is 0 Å². The molecule has 0 fully saturated rings. The van der Waals surface area contributed by atoms with Crippen molar-refractivity contribution in [3.05, 3.63) is 88.5 Å². The van der Waals surface area contributed by atoms with Crippen molar-refractivity contribution in [1.82, 2.24) is 0 Å². The molecule has 3 aromatic carbocycles. The number of amides is 1. The molecule has 8 nitrogen and oxygen atoms in total. The molecule has 3 aromatic rings. The minimum atomic E-state index is -1.05. The molecule has 1 amide bonds. The minimum Gasteiger partial charge on any atom is -0.454 e. The number of benzene rings is 3. The molecular weight excluding hydrogens is 450 g/mol. The van der Waals surface area contributed by atoms with Crippen molar-refractivity contribution in [2.45, 2.75) is 25.9 Å². The van der Waals surface area contributed by atoms with Crippen LogP contribution in [0.3, 0.4) is 0 Å². The number of hydrogen-bond acceptors (Lipinski definition) is 7. The number of rotatable bonds is 6. The van der Waals surface area contributed by atoms with Crippen molar-refractivity contribution in [2.75, 3.05) is 12.1 Å². The Morgan fingerprint density at radius 2 is 1.57 bits per heavy atom. The van der Waals surface area contributed by atoms with Crippen LogP contribution in [0.25, 0.3) is 0 Å². The minimum absolute atomic E-state index is 0.0894. The highest BCUT2D eigenvalue weighted by Gasteiger charge is 2.29. The van der Waals surface area contributed by atoms with Crippen molar-refractivity contribution in [3.8, 4) is 11.5 Å². The lowest BCUT2D eigenvalue weighted by Crippen LogP contribution is -2.30. The zero-order chi connectivity index (χ0) is 24.5. The number of carbonyl (C=O) groups excluding carboxylic acids is 4. The van der Waals surface area contributed by atoms with E-state index in [1.807, 2.05) is 12.1 Å². The Kier molecular flexibility index (Phi) is 5.78. The van der Waals surface area contributed by atoms with Crippen molar-refractivity contribution >= 4 is 29.1 Å². The quantitative estimate of drug-likeness (QED) is 0.427. The van der Waals surface area contributed by atoms with Gasteiger partial charge in [0.05, 0.1) is 0 Å². The predicted molar refractivity (Wildman–Crippen MR) is 125 cm³/mol. The molecule has 1 aliphatic heterocycles. The average Bonchev–Trinajstić information content (AvgIpc) is 3.34. The lowest BCUT2D eigenvalue weighted by molar-refractivity contribution is -0.153. The first-order valence-corrected chi connectivity index (χ1v) is 11.1. The van der Waals surface area contributed by atoms with Gasteiger partial charge in [-0.3, -0.25) is 19.2 Å². The van der Waals surface area contributed by atoms with Gasteiger partial charge in [0.1, 0.15) is 0 Å². The number of fused-ring (bicyclic) bond motifs is 3. The number of carbonyl (C=O) groups is 4. The van der Waals surface area contributed by atoms with Gasteiger partial charge in [0, 0.05) is 34.4 Å². The van der Waals surface area contributed by atoms with Gasteiger partial charge in [-0.2, -0.15) is 0 Å². The van der Waals surface area contributed by atoms with Gasteiger partial charge >= 0.3 is 5.97 Å². The topological polar surface area (TPSA) is 108 Å². The second-order valence-corrected chi connectivity index (χ2v) is 8.27. The van der Waals surface area contributed by atoms with E-state index in [1.54, 1.807) is 36.4 Å². The third-order valence-corrected chi connectivity index (χ3v) is 5.92. The Hall–Kier alpha value is -4.46. The van der Waals surface area contributed by atoms with Crippen LogP contribution in [-0.4, -0.2) is 36.3 Å². The highest BCUT2D eigenvalue weighted by Crippen LogP contribution is 2.33. The van der Waals surface area contributed by atoms with Gasteiger partial charge in [-0.15, -0.1) is 0 Å². The zero-order valence-corrected chi connectivity index (χ0v) is 18.8. The smallest absolute Gasteiger partial charge is 0.306 e. The maximum absolute atomic E-state index is 12.9. The van der Waals surface area contributed by atoms with Crippen LogP contribution in [-0.2, 0) is 20.7 Å². The molecule has 5 rings (SSSR count). The average molecular weight is 471 g/mol. The van der Waals surface area contributed by atoms with E-state index in [-0.39, 0.29) is 35.9 Å². The third kappa shape index (κ3) is 4.38. The van der Waals surface area contributed by atoms with E-state index >= 15 is 0 Å². The maximum Gasteiger partial charge on any atom is 0.306 e. The van der Waals surface area contributed by atoms with E-state index in [4.69, 9.17) is 14.2 Å². The molecule has 0 saturated carbocycles. The Labute approximate surface area is 200 Å². The van der Waals surface area contributed by atoms with Gasteiger partial charge in [0.15, 0.2) is 29.2 Å². The number of aryl methyl sites for hydroxylation is 1. The van der Waals surface area contributed by atoms with Crippen molar-refractivity contribution < 1.29 is 33.4 Å². The number of esters is 1. The van der Waals surface area contributed by atoms with E-state index in [2.05, 4.69) is 5.32 Å². The fourth-order valence-corrected chi connectivity index (χ4v) is 4.07. The summed E-state index contributed by atoms with van der Waals surface area (Å²) >= 11 is 0. The molecule has 8 heteroatoms. The first kappa shape index (κ1) is 22.3. The summed E-state index contributed by atoms with van der Waals surface area (Å²) in [6.07, 6.45) is -0.536. The van der Waals surface area contributed by atoms with Crippen LogP contribution in [0.4, 0.5) is 5.69 Å². The standard InChI is InChI=1S/C27H21NO7/c1-15(35-24(29)11-7-16-6-10-22-23(12-16)34-14-33-22)27(32)28-17-8-9-20-21(13-17)26(31)19-5-3-2-4-18(19)25(20)30/h2-6,8-10,12-13,15H,7,11,14H2,1H3,(H,28,32). The van der Waals surface area contributed by atoms with Gasteiger partial charge in [0.25, 0.3) is 5.91 Å². The lowest BCUT2D eigenvalue weighted by atomic mass is 9.84. The monoisotopic (exact) mass is 471 g/mol. The van der Waals surface area contributed by atoms with Crippen LogP contribution in [0.15, 0.2) is 60.7 Å². The number of anilines is 1.